The normalized spacial score (nSPS) is 23.2. The Hall–Kier alpha value is -0.300. The predicted molar refractivity (Wildman–Crippen MR) is 54.2 cm³/mol. The molecule has 0 aliphatic carbocycles. The van der Waals surface area contributed by atoms with Gasteiger partial charge in [0.25, 0.3) is 0 Å². The Balaban J connectivity index is 2.29. The molecule has 70 valence electrons. The third kappa shape index (κ3) is 2.98. The molecular formula is C11H21N. The Morgan fingerprint density at radius 3 is 2.67 bits per heavy atom. The fourth-order valence-corrected chi connectivity index (χ4v) is 1.88. The molecule has 1 atom stereocenters. The second kappa shape index (κ2) is 5.36. The van der Waals surface area contributed by atoms with Crippen LogP contribution >= 0.6 is 0 Å². The molecule has 0 aromatic carbocycles. The van der Waals surface area contributed by atoms with E-state index in [0.29, 0.717) is 0 Å². The highest BCUT2D eigenvalue weighted by atomic mass is 14.9. The van der Waals surface area contributed by atoms with E-state index in [1.54, 1.807) is 0 Å². The van der Waals surface area contributed by atoms with Crippen LogP contribution in [0.1, 0.15) is 33.1 Å². The monoisotopic (exact) mass is 167 g/mol. The molecule has 1 heteroatoms. The molecule has 1 heterocycles. The molecule has 0 spiro atoms. The third-order valence-corrected chi connectivity index (χ3v) is 2.80. The Kier molecular flexibility index (Phi) is 4.37. The van der Waals surface area contributed by atoms with Gasteiger partial charge >= 0.3 is 0 Å². The van der Waals surface area contributed by atoms with E-state index in [-0.39, 0.29) is 0 Å². The lowest BCUT2D eigenvalue weighted by atomic mass is 9.86. The molecule has 12 heavy (non-hydrogen) atoms. The average Bonchev–Trinajstić information content (AvgIpc) is 2.15. The van der Waals surface area contributed by atoms with Crippen molar-refractivity contribution in [3.63, 3.8) is 0 Å². The summed E-state index contributed by atoms with van der Waals surface area (Å²) < 4.78 is 0. The van der Waals surface area contributed by atoms with E-state index in [1.165, 1.54) is 32.4 Å². The standard InChI is InChI=1S/C11H21N/c1-3-4-5-10(2)11-6-8-12-9-7-11/h4-5,10-12H,3,6-9H2,1-2H3/b5-4+. The molecule has 0 aromatic rings. The summed E-state index contributed by atoms with van der Waals surface area (Å²) in [5.74, 6) is 1.71. The highest BCUT2D eigenvalue weighted by Crippen LogP contribution is 2.22. The maximum absolute atomic E-state index is 3.40. The van der Waals surface area contributed by atoms with E-state index in [4.69, 9.17) is 0 Å². The van der Waals surface area contributed by atoms with E-state index < -0.39 is 0 Å². The number of nitrogens with one attached hydrogen (secondary N) is 1. The largest absolute Gasteiger partial charge is 0.317 e. The van der Waals surface area contributed by atoms with Gasteiger partial charge in [0.05, 0.1) is 0 Å². The highest BCUT2D eigenvalue weighted by Gasteiger charge is 2.16. The Morgan fingerprint density at radius 2 is 2.08 bits per heavy atom. The summed E-state index contributed by atoms with van der Waals surface area (Å²) in [5.41, 5.74) is 0. The second-order valence-corrected chi connectivity index (χ2v) is 3.78. The summed E-state index contributed by atoms with van der Waals surface area (Å²) in [5, 5.41) is 3.40. The molecule has 0 aromatic heterocycles. The summed E-state index contributed by atoms with van der Waals surface area (Å²) in [6.07, 6.45) is 8.57. The number of hydrogen-bond donors (Lipinski definition) is 1. The van der Waals surface area contributed by atoms with Crippen LogP contribution in [0.2, 0.25) is 0 Å². The van der Waals surface area contributed by atoms with Crippen molar-refractivity contribution in [1.29, 1.82) is 0 Å². The van der Waals surface area contributed by atoms with Gasteiger partial charge in [0, 0.05) is 0 Å². The van der Waals surface area contributed by atoms with E-state index in [2.05, 4.69) is 31.3 Å². The molecule has 1 fully saturated rings. The Bertz CT molecular complexity index is 134. The van der Waals surface area contributed by atoms with Crippen LogP contribution in [0.3, 0.4) is 0 Å². The molecular weight excluding hydrogens is 146 g/mol. The minimum Gasteiger partial charge on any atom is -0.317 e. The molecule has 1 aliphatic heterocycles. The zero-order chi connectivity index (χ0) is 8.81. The van der Waals surface area contributed by atoms with Crippen molar-refractivity contribution < 1.29 is 0 Å². The van der Waals surface area contributed by atoms with Crippen LogP contribution in [-0.2, 0) is 0 Å². The van der Waals surface area contributed by atoms with Gasteiger partial charge in [-0.15, -0.1) is 0 Å². The van der Waals surface area contributed by atoms with Crippen LogP contribution in [0.15, 0.2) is 12.2 Å². The minimum atomic E-state index is 0.784. The fraction of sp³-hybridized carbons (Fsp3) is 0.818. The van der Waals surface area contributed by atoms with Crippen LogP contribution in [0, 0.1) is 11.8 Å². The lowest BCUT2D eigenvalue weighted by Crippen LogP contribution is -2.30. The van der Waals surface area contributed by atoms with Crippen molar-refractivity contribution in [2.75, 3.05) is 13.1 Å². The molecule has 1 nitrogen and oxygen atoms in total. The van der Waals surface area contributed by atoms with Crippen LogP contribution < -0.4 is 5.32 Å². The van der Waals surface area contributed by atoms with Gasteiger partial charge in [0.2, 0.25) is 0 Å². The highest BCUT2D eigenvalue weighted by molar-refractivity contribution is 4.90. The van der Waals surface area contributed by atoms with Crippen molar-refractivity contribution in [3.8, 4) is 0 Å². The first kappa shape index (κ1) is 9.79. The van der Waals surface area contributed by atoms with Crippen LogP contribution in [0.5, 0.6) is 0 Å². The maximum Gasteiger partial charge on any atom is -0.00461 e. The smallest absolute Gasteiger partial charge is 0.00461 e. The van der Waals surface area contributed by atoms with E-state index >= 15 is 0 Å². The first-order valence-electron chi connectivity index (χ1n) is 5.22. The zero-order valence-electron chi connectivity index (χ0n) is 8.34. The van der Waals surface area contributed by atoms with Gasteiger partial charge in [-0.1, -0.05) is 26.0 Å². The maximum atomic E-state index is 3.40. The molecule has 0 bridgehead atoms. The van der Waals surface area contributed by atoms with Crippen LogP contribution in [-0.4, -0.2) is 13.1 Å². The second-order valence-electron chi connectivity index (χ2n) is 3.78. The summed E-state index contributed by atoms with van der Waals surface area (Å²) in [6.45, 7) is 6.98. The van der Waals surface area contributed by atoms with Crippen molar-refractivity contribution >= 4 is 0 Å². The lowest BCUT2D eigenvalue weighted by molar-refractivity contribution is 0.313. The predicted octanol–water partition coefficient (Wildman–Crippen LogP) is 2.59. The molecule has 1 unspecified atom stereocenters. The summed E-state index contributed by atoms with van der Waals surface area (Å²) >= 11 is 0. The summed E-state index contributed by atoms with van der Waals surface area (Å²) in [6, 6.07) is 0. The van der Waals surface area contributed by atoms with Gasteiger partial charge in [0.15, 0.2) is 0 Å². The minimum absolute atomic E-state index is 0.784. The van der Waals surface area contributed by atoms with Crippen molar-refractivity contribution in [2.45, 2.75) is 33.1 Å². The molecule has 1 saturated heterocycles. The third-order valence-electron chi connectivity index (χ3n) is 2.80. The van der Waals surface area contributed by atoms with Crippen molar-refractivity contribution in [1.82, 2.24) is 5.32 Å². The first-order chi connectivity index (χ1) is 5.84. The topological polar surface area (TPSA) is 12.0 Å². The van der Waals surface area contributed by atoms with Crippen LogP contribution in [0.25, 0.3) is 0 Å². The summed E-state index contributed by atoms with van der Waals surface area (Å²) in [4.78, 5) is 0. The molecule has 0 amide bonds. The summed E-state index contributed by atoms with van der Waals surface area (Å²) in [7, 11) is 0. The van der Waals surface area contributed by atoms with Gasteiger partial charge in [0.1, 0.15) is 0 Å². The molecule has 1 N–H and O–H groups in total. The quantitative estimate of drug-likeness (QED) is 0.637. The van der Waals surface area contributed by atoms with Gasteiger partial charge in [-0.25, -0.2) is 0 Å². The van der Waals surface area contributed by atoms with Gasteiger partial charge in [-0.3, -0.25) is 0 Å². The first-order valence-corrected chi connectivity index (χ1v) is 5.22. The number of piperidine rings is 1. The fourth-order valence-electron chi connectivity index (χ4n) is 1.88. The molecule has 0 radical (unpaired) electrons. The Morgan fingerprint density at radius 1 is 1.42 bits per heavy atom. The zero-order valence-corrected chi connectivity index (χ0v) is 8.34. The van der Waals surface area contributed by atoms with E-state index in [9.17, 15) is 0 Å². The molecule has 1 rings (SSSR count). The molecule has 0 saturated carbocycles. The average molecular weight is 167 g/mol. The number of allylic oxidation sites excluding steroid dienone is 2. The lowest BCUT2D eigenvalue weighted by Gasteiger charge is -2.26. The molecule has 1 aliphatic rings. The van der Waals surface area contributed by atoms with Crippen molar-refractivity contribution in [3.05, 3.63) is 12.2 Å². The Labute approximate surface area is 76.2 Å². The number of rotatable bonds is 3. The van der Waals surface area contributed by atoms with E-state index in [1.807, 2.05) is 0 Å². The number of hydrogen-bond acceptors (Lipinski definition) is 1. The van der Waals surface area contributed by atoms with Gasteiger partial charge in [-0.2, -0.15) is 0 Å². The SMILES string of the molecule is CC/C=C/C(C)C1CCNCC1. The van der Waals surface area contributed by atoms with Crippen molar-refractivity contribution in [2.24, 2.45) is 11.8 Å². The van der Waals surface area contributed by atoms with E-state index in [0.717, 1.165) is 11.8 Å². The van der Waals surface area contributed by atoms with Crippen LogP contribution in [0.4, 0.5) is 0 Å². The van der Waals surface area contributed by atoms with Gasteiger partial charge in [-0.05, 0) is 44.2 Å². The van der Waals surface area contributed by atoms with Gasteiger partial charge < -0.3 is 5.32 Å².